The Bertz CT molecular complexity index is 945. The van der Waals surface area contributed by atoms with Crippen LogP contribution in [0.25, 0.3) is 0 Å². The maximum Gasteiger partial charge on any atom is 0.117 e. The van der Waals surface area contributed by atoms with Gasteiger partial charge in [0.1, 0.15) is 5.82 Å². The van der Waals surface area contributed by atoms with E-state index in [0.29, 0.717) is 29.8 Å². The van der Waals surface area contributed by atoms with Crippen molar-refractivity contribution in [3.63, 3.8) is 0 Å². The lowest BCUT2D eigenvalue weighted by Gasteiger charge is -2.33. The minimum absolute atomic E-state index is 0.353. The second-order valence-corrected chi connectivity index (χ2v) is 11.0. The molecule has 1 saturated heterocycles. The number of ether oxygens (including phenoxy) is 1. The van der Waals surface area contributed by atoms with Gasteiger partial charge in [-0.25, -0.2) is 0 Å². The molecule has 2 aromatic rings. The van der Waals surface area contributed by atoms with Crippen LogP contribution in [-0.4, -0.2) is 12.7 Å². The van der Waals surface area contributed by atoms with Crippen molar-refractivity contribution in [3.8, 4) is 0 Å². The summed E-state index contributed by atoms with van der Waals surface area (Å²) in [5.41, 5.74) is 8.25. The smallest absolute Gasteiger partial charge is 0.117 e. The van der Waals surface area contributed by atoms with E-state index in [2.05, 4.69) is 120 Å². The molecule has 0 saturated carbocycles. The topological polar surface area (TPSA) is 19.0 Å². The zero-order chi connectivity index (χ0) is 24.6. The minimum Gasteiger partial charge on any atom is -0.373 e. The van der Waals surface area contributed by atoms with E-state index in [1.807, 2.05) is 0 Å². The summed E-state index contributed by atoms with van der Waals surface area (Å²) in [6.45, 7) is 19.3. The zero-order valence-corrected chi connectivity index (χ0v) is 22.3. The van der Waals surface area contributed by atoms with Gasteiger partial charge in [0.2, 0.25) is 0 Å². The molecule has 2 aliphatic rings. The van der Waals surface area contributed by atoms with Gasteiger partial charge in [-0.2, -0.15) is 0 Å². The maximum absolute atomic E-state index is 5.60. The number of anilines is 2. The van der Waals surface area contributed by atoms with E-state index >= 15 is 0 Å². The number of benzene rings is 2. The van der Waals surface area contributed by atoms with Crippen molar-refractivity contribution in [2.24, 2.45) is 0 Å². The predicted octanol–water partition coefficient (Wildman–Crippen LogP) is 8.61. The van der Waals surface area contributed by atoms with Gasteiger partial charge in [0.15, 0.2) is 0 Å². The molecule has 3 heteroatoms. The van der Waals surface area contributed by atoms with Crippen molar-refractivity contribution in [1.82, 2.24) is 0 Å². The van der Waals surface area contributed by atoms with Crippen molar-refractivity contribution < 1.29 is 4.74 Å². The molecule has 0 amide bonds. The first kappa shape index (κ1) is 24.6. The van der Waals surface area contributed by atoms with Gasteiger partial charge in [-0.15, -0.1) is 0 Å². The molecule has 0 aromatic heterocycles. The van der Waals surface area contributed by atoms with E-state index in [0.717, 1.165) is 13.0 Å². The fourth-order valence-corrected chi connectivity index (χ4v) is 5.00. The largest absolute Gasteiger partial charge is 0.373 e. The molecule has 182 valence electrons. The second kappa shape index (κ2) is 10.00. The van der Waals surface area contributed by atoms with Gasteiger partial charge >= 0.3 is 0 Å². The highest BCUT2D eigenvalue weighted by atomic mass is 16.6. The van der Waals surface area contributed by atoms with Crippen LogP contribution in [0.1, 0.15) is 108 Å². The highest BCUT2D eigenvalue weighted by Gasteiger charge is 2.31. The summed E-state index contributed by atoms with van der Waals surface area (Å²) >= 11 is 0. The lowest BCUT2D eigenvalue weighted by molar-refractivity contribution is 0.410. The molecule has 1 unspecified atom stereocenters. The average Bonchev–Trinajstić information content (AvgIpc) is 3.54. The number of rotatable bonds is 8. The molecule has 2 aromatic carbocycles. The first-order chi connectivity index (χ1) is 16.2. The summed E-state index contributed by atoms with van der Waals surface area (Å²) in [6, 6.07) is 13.6. The number of hydrogen-bond donors (Lipinski definition) is 0. The van der Waals surface area contributed by atoms with E-state index in [-0.39, 0.29) is 0 Å². The lowest BCUT2D eigenvalue weighted by Crippen LogP contribution is -2.26. The van der Waals surface area contributed by atoms with Crippen molar-refractivity contribution in [3.05, 3.63) is 82.9 Å². The van der Waals surface area contributed by atoms with E-state index in [9.17, 15) is 0 Å². The van der Waals surface area contributed by atoms with Gasteiger partial charge < -0.3 is 14.5 Å². The van der Waals surface area contributed by atoms with Crippen LogP contribution in [0.15, 0.2) is 60.7 Å². The third-order valence-corrected chi connectivity index (χ3v) is 6.99. The first-order valence-corrected chi connectivity index (χ1v) is 13.0. The molecule has 1 atom stereocenters. The number of nitrogens with zero attached hydrogens (tertiary/aromatic N) is 2. The highest BCUT2D eigenvalue weighted by molar-refractivity contribution is 5.77. The number of hydrogen-bond acceptors (Lipinski definition) is 3. The van der Waals surface area contributed by atoms with Gasteiger partial charge in [0, 0.05) is 12.4 Å². The van der Waals surface area contributed by atoms with Gasteiger partial charge in [-0.05, 0) is 58.4 Å². The number of para-hydroxylation sites is 2. The van der Waals surface area contributed by atoms with Crippen molar-refractivity contribution >= 4 is 11.4 Å². The van der Waals surface area contributed by atoms with E-state index in [1.54, 1.807) is 0 Å². The van der Waals surface area contributed by atoms with E-state index in [1.165, 1.54) is 39.4 Å². The SMILES string of the molecule is CC(C)c1cccc(C(C)C)c1N1C=CN(c2c(C(C)C)cccc2C(C)C)C1=CCC1CO1. The molecule has 0 radical (unpaired) electrons. The molecular formula is C31H42N2O. The van der Waals surface area contributed by atoms with Crippen LogP contribution in [0.5, 0.6) is 0 Å². The molecule has 3 nitrogen and oxygen atoms in total. The molecule has 0 N–H and O–H groups in total. The third kappa shape index (κ3) is 4.81. The Morgan fingerprint density at radius 3 is 1.35 bits per heavy atom. The Morgan fingerprint density at radius 2 is 1.06 bits per heavy atom. The normalized spacial score (nSPS) is 17.8. The monoisotopic (exact) mass is 458 g/mol. The van der Waals surface area contributed by atoms with Crippen molar-refractivity contribution in [2.45, 2.75) is 91.6 Å². The quantitative estimate of drug-likeness (QED) is 0.369. The fraction of sp³-hybridized carbons (Fsp3) is 0.484. The highest BCUT2D eigenvalue weighted by Crippen LogP contribution is 2.44. The Labute approximate surface area is 207 Å². The summed E-state index contributed by atoms with van der Waals surface area (Å²) in [7, 11) is 0. The molecule has 4 rings (SSSR count). The van der Waals surface area contributed by atoms with Crippen LogP contribution in [0.2, 0.25) is 0 Å². The van der Waals surface area contributed by atoms with Crippen LogP contribution < -0.4 is 9.80 Å². The minimum atomic E-state index is 0.353. The van der Waals surface area contributed by atoms with E-state index in [4.69, 9.17) is 4.74 Å². The molecule has 2 aliphatic heterocycles. The van der Waals surface area contributed by atoms with Crippen LogP contribution in [0.3, 0.4) is 0 Å². The Morgan fingerprint density at radius 1 is 0.706 bits per heavy atom. The maximum atomic E-state index is 5.60. The van der Waals surface area contributed by atoms with Crippen LogP contribution in [0, 0.1) is 0 Å². The van der Waals surface area contributed by atoms with E-state index < -0.39 is 0 Å². The van der Waals surface area contributed by atoms with Gasteiger partial charge in [0.25, 0.3) is 0 Å². The van der Waals surface area contributed by atoms with Gasteiger partial charge in [-0.3, -0.25) is 0 Å². The van der Waals surface area contributed by atoms with Crippen molar-refractivity contribution in [1.29, 1.82) is 0 Å². The third-order valence-electron chi connectivity index (χ3n) is 6.99. The first-order valence-electron chi connectivity index (χ1n) is 13.0. The summed E-state index contributed by atoms with van der Waals surface area (Å²) in [6.07, 6.45) is 8.22. The Hall–Kier alpha value is -2.52. The Balaban J connectivity index is 1.90. The van der Waals surface area contributed by atoms with Crippen LogP contribution >= 0.6 is 0 Å². The lowest BCUT2D eigenvalue weighted by atomic mass is 9.91. The molecule has 1 fully saturated rings. The summed E-state index contributed by atoms with van der Waals surface area (Å²) in [4.78, 5) is 4.88. The number of epoxide rings is 1. The zero-order valence-electron chi connectivity index (χ0n) is 22.3. The fourth-order valence-electron chi connectivity index (χ4n) is 5.00. The summed E-state index contributed by atoms with van der Waals surface area (Å²) < 4.78 is 5.60. The molecule has 2 heterocycles. The molecule has 0 spiro atoms. The van der Waals surface area contributed by atoms with Gasteiger partial charge in [-0.1, -0.05) is 91.8 Å². The molecule has 0 bridgehead atoms. The van der Waals surface area contributed by atoms with Crippen molar-refractivity contribution in [2.75, 3.05) is 16.4 Å². The molecular weight excluding hydrogens is 416 g/mol. The Kier molecular flexibility index (Phi) is 7.23. The average molecular weight is 459 g/mol. The van der Waals surface area contributed by atoms with Gasteiger partial charge in [0.05, 0.1) is 24.1 Å². The molecule has 34 heavy (non-hydrogen) atoms. The summed E-state index contributed by atoms with van der Waals surface area (Å²) in [5, 5.41) is 0. The predicted molar refractivity (Wildman–Crippen MR) is 146 cm³/mol. The standard InChI is InChI=1S/C31H42N2O/c1-20(2)25-11-9-12-26(21(3)4)30(25)32-17-18-33(29(32)16-15-24-19-34-24)31-27(22(5)6)13-10-14-28(31)23(7)8/h9-14,16-18,20-24H,15,19H2,1-8H3. The molecule has 0 aliphatic carbocycles. The summed E-state index contributed by atoms with van der Waals surface area (Å²) in [5.74, 6) is 2.99. The van der Waals surface area contributed by atoms with Crippen LogP contribution in [-0.2, 0) is 4.74 Å². The van der Waals surface area contributed by atoms with Crippen LogP contribution in [0.4, 0.5) is 11.4 Å². The second-order valence-electron chi connectivity index (χ2n) is 11.0.